The van der Waals surface area contributed by atoms with E-state index in [1.807, 2.05) is 17.5 Å². The summed E-state index contributed by atoms with van der Waals surface area (Å²) in [5.74, 6) is 0.660. The number of fused-ring (bicyclic) bond motifs is 1. The van der Waals surface area contributed by atoms with Crippen LogP contribution in [0.4, 0.5) is 5.82 Å². The summed E-state index contributed by atoms with van der Waals surface area (Å²) < 4.78 is 2.28. The van der Waals surface area contributed by atoms with Gasteiger partial charge in [0.1, 0.15) is 5.82 Å². The van der Waals surface area contributed by atoms with E-state index in [4.69, 9.17) is 0 Å². The molecular weight excluding hydrogens is 406 g/mol. The predicted octanol–water partition coefficient (Wildman–Crippen LogP) is 3.16. The number of nitrogens with one attached hydrogen (secondary N) is 2. The lowest BCUT2D eigenvalue weighted by molar-refractivity contribution is 0.102. The summed E-state index contributed by atoms with van der Waals surface area (Å²) in [5, 5.41) is 9.01. The van der Waals surface area contributed by atoms with Gasteiger partial charge in [0, 0.05) is 16.1 Å². The van der Waals surface area contributed by atoms with Crippen molar-refractivity contribution in [1.29, 1.82) is 0 Å². The summed E-state index contributed by atoms with van der Waals surface area (Å²) in [4.78, 5) is 32.1. The van der Waals surface area contributed by atoms with Crippen LogP contribution in [0.5, 0.6) is 0 Å². The standard InChI is InChI=1S/C16H10BrN5O2S/c17-10-5-3-9(4-6-10)15(24)18-12-8-13(23)19-16-20-14(21-22(12)16)11-2-1-7-25-11/h1-8H,(H,18,24)(H,19,20,21,23). The SMILES string of the molecule is O=C(Nc1cc(=O)[nH]c2nc(-c3cccs3)nn12)c1ccc(Br)cc1. The lowest BCUT2D eigenvalue weighted by Gasteiger charge is -2.06. The van der Waals surface area contributed by atoms with Gasteiger partial charge in [0.15, 0.2) is 5.82 Å². The molecule has 7 nitrogen and oxygen atoms in total. The zero-order chi connectivity index (χ0) is 17.4. The molecule has 25 heavy (non-hydrogen) atoms. The van der Waals surface area contributed by atoms with Gasteiger partial charge in [-0.05, 0) is 35.7 Å². The summed E-state index contributed by atoms with van der Waals surface area (Å²) in [6.07, 6.45) is 0. The fourth-order valence-electron chi connectivity index (χ4n) is 2.28. The molecular formula is C16H10BrN5O2S. The summed E-state index contributed by atoms with van der Waals surface area (Å²) in [6.45, 7) is 0. The van der Waals surface area contributed by atoms with Gasteiger partial charge in [-0.3, -0.25) is 14.6 Å². The van der Waals surface area contributed by atoms with Crippen LogP contribution in [-0.2, 0) is 0 Å². The Hall–Kier alpha value is -2.78. The van der Waals surface area contributed by atoms with Gasteiger partial charge in [0.2, 0.25) is 5.78 Å². The number of halogens is 1. The Kier molecular flexibility index (Phi) is 3.94. The van der Waals surface area contributed by atoms with Crippen molar-refractivity contribution in [2.75, 3.05) is 5.32 Å². The second-order valence-electron chi connectivity index (χ2n) is 5.13. The normalized spacial score (nSPS) is 10.9. The van der Waals surface area contributed by atoms with Crippen LogP contribution in [-0.4, -0.2) is 25.5 Å². The summed E-state index contributed by atoms with van der Waals surface area (Å²) in [6, 6.07) is 12.0. The third-order valence-corrected chi connectivity index (χ3v) is 4.82. The Morgan fingerprint density at radius 2 is 2.04 bits per heavy atom. The highest BCUT2D eigenvalue weighted by atomic mass is 79.9. The molecule has 0 fully saturated rings. The second-order valence-corrected chi connectivity index (χ2v) is 6.99. The van der Waals surface area contributed by atoms with Crippen LogP contribution >= 0.6 is 27.3 Å². The van der Waals surface area contributed by atoms with Gasteiger partial charge < -0.3 is 5.32 Å². The first-order valence-electron chi connectivity index (χ1n) is 7.21. The molecule has 0 saturated heterocycles. The van der Waals surface area contributed by atoms with E-state index in [1.54, 1.807) is 24.3 Å². The van der Waals surface area contributed by atoms with E-state index in [0.29, 0.717) is 11.4 Å². The highest BCUT2D eigenvalue weighted by Gasteiger charge is 2.14. The molecule has 0 unspecified atom stereocenters. The van der Waals surface area contributed by atoms with Crippen LogP contribution in [0.1, 0.15) is 10.4 Å². The van der Waals surface area contributed by atoms with Crippen LogP contribution < -0.4 is 10.9 Å². The van der Waals surface area contributed by atoms with E-state index >= 15 is 0 Å². The average Bonchev–Trinajstić information content (AvgIpc) is 3.24. The topological polar surface area (TPSA) is 92.1 Å². The zero-order valence-corrected chi connectivity index (χ0v) is 15.0. The van der Waals surface area contributed by atoms with Gasteiger partial charge >= 0.3 is 0 Å². The number of aromatic nitrogens is 4. The number of H-pyrrole nitrogens is 1. The van der Waals surface area contributed by atoms with Gasteiger partial charge in [-0.1, -0.05) is 22.0 Å². The monoisotopic (exact) mass is 415 g/mol. The van der Waals surface area contributed by atoms with Crippen molar-refractivity contribution in [2.24, 2.45) is 0 Å². The Morgan fingerprint density at radius 1 is 1.24 bits per heavy atom. The molecule has 3 heterocycles. The molecule has 9 heteroatoms. The van der Waals surface area contributed by atoms with E-state index in [0.717, 1.165) is 9.35 Å². The first-order valence-corrected chi connectivity index (χ1v) is 8.88. The van der Waals surface area contributed by atoms with Gasteiger partial charge in [0.25, 0.3) is 11.5 Å². The van der Waals surface area contributed by atoms with Gasteiger partial charge in [-0.25, -0.2) is 0 Å². The summed E-state index contributed by atoms with van der Waals surface area (Å²) >= 11 is 4.82. The van der Waals surface area contributed by atoms with Crippen molar-refractivity contribution >= 4 is 44.8 Å². The number of hydrogen-bond donors (Lipinski definition) is 2. The molecule has 4 aromatic rings. The number of benzene rings is 1. The molecule has 0 saturated carbocycles. The number of carbonyl (C=O) groups is 1. The van der Waals surface area contributed by atoms with Crippen molar-refractivity contribution in [3.63, 3.8) is 0 Å². The van der Waals surface area contributed by atoms with E-state index < -0.39 is 0 Å². The Labute approximate surface area is 153 Å². The van der Waals surface area contributed by atoms with Crippen molar-refractivity contribution in [3.05, 3.63) is 68.2 Å². The van der Waals surface area contributed by atoms with Gasteiger partial charge in [-0.2, -0.15) is 9.50 Å². The zero-order valence-electron chi connectivity index (χ0n) is 12.6. The minimum Gasteiger partial charge on any atom is -0.306 e. The molecule has 3 aromatic heterocycles. The number of hydrogen-bond acceptors (Lipinski definition) is 5. The van der Waals surface area contributed by atoms with E-state index in [-0.39, 0.29) is 23.1 Å². The van der Waals surface area contributed by atoms with Crippen LogP contribution in [0, 0.1) is 0 Å². The highest BCUT2D eigenvalue weighted by Crippen LogP contribution is 2.22. The maximum Gasteiger partial charge on any atom is 0.256 e. The molecule has 0 bridgehead atoms. The number of carbonyl (C=O) groups excluding carboxylic acids is 1. The molecule has 0 atom stereocenters. The van der Waals surface area contributed by atoms with Crippen LogP contribution in [0.2, 0.25) is 0 Å². The lowest BCUT2D eigenvalue weighted by atomic mass is 10.2. The third kappa shape index (κ3) is 3.11. The molecule has 0 aliphatic carbocycles. The van der Waals surface area contributed by atoms with Crippen molar-refractivity contribution < 1.29 is 4.79 Å². The van der Waals surface area contributed by atoms with Crippen LogP contribution in [0.25, 0.3) is 16.5 Å². The number of thiophene rings is 1. The second kappa shape index (κ2) is 6.26. The third-order valence-electron chi connectivity index (χ3n) is 3.43. The Morgan fingerprint density at radius 3 is 2.76 bits per heavy atom. The fraction of sp³-hybridized carbons (Fsp3) is 0. The molecule has 0 aliphatic heterocycles. The molecule has 1 aromatic carbocycles. The molecule has 0 aliphatic rings. The van der Waals surface area contributed by atoms with Crippen molar-refractivity contribution in [3.8, 4) is 10.7 Å². The number of nitrogens with zero attached hydrogens (tertiary/aromatic N) is 3. The van der Waals surface area contributed by atoms with Crippen LogP contribution in [0.3, 0.4) is 0 Å². The number of anilines is 1. The first-order chi connectivity index (χ1) is 12.1. The maximum atomic E-state index is 12.4. The van der Waals surface area contributed by atoms with Gasteiger partial charge in [-0.15, -0.1) is 16.4 Å². The quantitative estimate of drug-likeness (QED) is 0.537. The molecule has 0 radical (unpaired) electrons. The van der Waals surface area contributed by atoms with E-state index in [1.165, 1.54) is 21.9 Å². The predicted molar refractivity (Wildman–Crippen MR) is 99.0 cm³/mol. The minimum absolute atomic E-state index is 0.252. The summed E-state index contributed by atoms with van der Waals surface area (Å²) in [7, 11) is 0. The van der Waals surface area contributed by atoms with E-state index in [2.05, 4.69) is 36.3 Å². The number of aromatic amines is 1. The lowest BCUT2D eigenvalue weighted by Crippen LogP contribution is -2.18. The largest absolute Gasteiger partial charge is 0.306 e. The minimum atomic E-state index is -0.372. The molecule has 124 valence electrons. The average molecular weight is 416 g/mol. The van der Waals surface area contributed by atoms with Crippen molar-refractivity contribution in [2.45, 2.75) is 0 Å². The fourth-order valence-corrected chi connectivity index (χ4v) is 3.20. The van der Waals surface area contributed by atoms with Crippen molar-refractivity contribution in [1.82, 2.24) is 19.6 Å². The number of amides is 1. The van der Waals surface area contributed by atoms with Crippen LogP contribution in [0.15, 0.2) is 57.1 Å². The van der Waals surface area contributed by atoms with E-state index in [9.17, 15) is 9.59 Å². The molecule has 1 amide bonds. The Bertz CT molecular complexity index is 1120. The first kappa shape index (κ1) is 15.7. The molecule has 4 rings (SSSR count). The Balaban J connectivity index is 1.74. The molecule has 0 spiro atoms. The highest BCUT2D eigenvalue weighted by molar-refractivity contribution is 9.10. The summed E-state index contributed by atoms with van der Waals surface area (Å²) in [5.41, 5.74) is 0.0963. The molecule has 2 N–H and O–H groups in total. The smallest absolute Gasteiger partial charge is 0.256 e. The maximum absolute atomic E-state index is 12.4. The number of rotatable bonds is 3. The van der Waals surface area contributed by atoms with Gasteiger partial charge in [0.05, 0.1) is 4.88 Å².